The highest BCUT2D eigenvalue weighted by molar-refractivity contribution is 5.98. The van der Waals surface area contributed by atoms with Crippen molar-refractivity contribution < 1.29 is 9.53 Å². The van der Waals surface area contributed by atoms with Crippen LogP contribution in [0.25, 0.3) is 22.0 Å². The Balaban J connectivity index is 1.37. The minimum absolute atomic E-state index is 0.0188. The van der Waals surface area contributed by atoms with Gasteiger partial charge in [-0.25, -0.2) is 4.98 Å². The molecule has 0 saturated carbocycles. The Bertz CT molecular complexity index is 1250. The third-order valence-electron chi connectivity index (χ3n) is 5.40. The van der Waals surface area contributed by atoms with Crippen LogP contribution in [0.1, 0.15) is 16.1 Å². The standard InChI is InChI=1S/C23H22N6O2/c1-28-15-19(14-27-28)21-9-17-8-20(25-12-18(17)13-26-21)11-22(30)16-2-3-24-23(10-16)29-4-6-31-7-5-29/h2-3,8-10,12-15H,4-7,11H2,1H3. The zero-order valence-corrected chi connectivity index (χ0v) is 17.2. The second-order valence-electron chi connectivity index (χ2n) is 7.60. The zero-order chi connectivity index (χ0) is 21.2. The minimum atomic E-state index is 0.0188. The number of fused-ring (bicyclic) bond motifs is 1. The number of morpholine rings is 1. The maximum Gasteiger partial charge on any atom is 0.169 e. The van der Waals surface area contributed by atoms with Gasteiger partial charge in [0.25, 0.3) is 0 Å². The number of hydrogen-bond acceptors (Lipinski definition) is 7. The van der Waals surface area contributed by atoms with Crippen molar-refractivity contribution >= 4 is 22.4 Å². The SMILES string of the molecule is Cn1cc(-c2cc3cc(CC(=O)c4ccnc(N5CCOCC5)c4)ncc3cn2)cn1. The monoisotopic (exact) mass is 414 g/mol. The van der Waals surface area contributed by atoms with Crippen LogP contribution in [-0.2, 0) is 18.2 Å². The summed E-state index contributed by atoms with van der Waals surface area (Å²) in [5, 5.41) is 6.14. The predicted molar refractivity (Wildman–Crippen MR) is 117 cm³/mol. The minimum Gasteiger partial charge on any atom is -0.378 e. The smallest absolute Gasteiger partial charge is 0.169 e. The fraction of sp³-hybridized carbons (Fsp3) is 0.261. The van der Waals surface area contributed by atoms with Crippen molar-refractivity contribution in [2.75, 3.05) is 31.2 Å². The number of anilines is 1. The lowest BCUT2D eigenvalue weighted by molar-refractivity contribution is 0.0992. The van der Waals surface area contributed by atoms with E-state index in [1.807, 2.05) is 31.4 Å². The van der Waals surface area contributed by atoms with Crippen LogP contribution >= 0.6 is 0 Å². The van der Waals surface area contributed by atoms with Gasteiger partial charge >= 0.3 is 0 Å². The number of nitrogens with zero attached hydrogens (tertiary/aromatic N) is 6. The number of carbonyl (C=O) groups excluding carboxylic acids is 1. The summed E-state index contributed by atoms with van der Waals surface area (Å²) in [6.45, 7) is 2.92. The van der Waals surface area contributed by atoms with E-state index >= 15 is 0 Å². The average molecular weight is 414 g/mol. The fourth-order valence-corrected chi connectivity index (χ4v) is 3.72. The Labute approximate surface area is 179 Å². The van der Waals surface area contributed by atoms with Crippen molar-refractivity contribution in [2.24, 2.45) is 7.05 Å². The molecule has 8 nitrogen and oxygen atoms in total. The van der Waals surface area contributed by atoms with Crippen molar-refractivity contribution in [1.29, 1.82) is 0 Å². The van der Waals surface area contributed by atoms with Gasteiger partial charge in [0.2, 0.25) is 0 Å². The van der Waals surface area contributed by atoms with Crippen molar-refractivity contribution in [1.82, 2.24) is 24.7 Å². The molecular formula is C23H22N6O2. The van der Waals surface area contributed by atoms with Crippen LogP contribution in [-0.4, -0.2) is 56.8 Å². The fourth-order valence-electron chi connectivity index (χ4n) is 3.72. The summed E-state index contributed by atoms with van der Waals surface area (Å²) < 4.78 is 7.14. The van der Waals surface area contributed by atoms with Crippen LogP contribution in [0.2, 0.25) is 0 Å². The molecule has 5 heterocycles. The first-order chi connectivity index (χ1) is 15.2. The zero-order valence-electron chi connectivity index (χ0n) is 17.2. The molecular weight excluding hydrogens is 392 g/mol. The molecule has 0 aliphatic carbocycles. The number of aryl methyl sites for hydroxylation is 1. The molecule has 0 atom stereocenters. The number of ether oxygens (including phenoxy) is 1. The van der Waals surface area contributed by atoms with Crippen LogP contribution in [0.15, 0.2) is 55.2 Å². The van der Waals surface area contributed by atoms with Gasteiger partial charge in [0.1, 0.15) is 5.82 Å². The third-order valence-corrected chi connectivity index (χ3v) is 5.40. The normalized spacial score (nSPS) is 14.2. The Hall–Kier alpha value is -3.65. The van der Waals surface area contributed by atoms with Gasteiger partial charge in [-0.1, -0.05) is 0 Å². The maximum absolute atomic E-state index is 12.9. The maximum atomic E-state index is 12.9. The van der Waals surface area contributed by atoms with Gasteiger partial charge in [-0.05, 0) is 29.7 Å². The van der Waals surface area contributed by atoms with Crippen LogP contribution in [0.4, 0.5) is 5.82 Å². The number of aromatic nitrogens is 5. The summed E-state index contributed by atoms with van der Waals surface area (Å²) in [5.74, 6) is 0.832. The molecule has 1 fully saturated rings. The van der Waals surface area contributed by atoms with E-state index in [2.05, 4.69) is 25.0 Å². The van der Waals surface area contributed by atoms with Gasteiger partial charge in [0.05, 0.1) is 31.5 Å². The largest absolute Gasteiger partial charge is 0.378 e. The molecule has 1 aliphatic heterocycles. The van der Waals surface area contributed by atoms with E-state index in [0.717, 1.165) is 46.6 Å². The molecule has 0 bridgehead atoms. The van der Waals surface area contributed by atoms with Gasteiger partial charge in [0.15, 0.2) is 5.78 Å². The number of ketones is 1. The van der Waals surface area contributed by atoms with Crippen molar-refractivity contribution in [3.05, 3.63) is 66.5 Å². The van der Waals surface area contributed by atoms with Gasteiger partial charge in [-0.15, -0.1) is 0 Å². The molecule has 0 N–H and O–H groups in total. The van der Waals surface area contributed by atoms with E-state index < -0.39 is 0 Å². The molecule has 0 unspecified atom stereocenters. The van der Waals surface area contributed by atoms with Crippen molar-refractivity contribution in [2.45, 2.75) is 6.42 Å². The molecule has 0 aromatic carbocycles. The first kappa shape index (κ1) is 19.3. The Morgan fingerprint density at radius 1 is 1.03 bits per heavy atom. The number of Topliss-reactive ketones (excluding diaryl/α,β-unsaturated/α-hetero) is 1. The predicted octanol–water partition coefficient (Wildman–Crippen LogP) is 2.69. The Morgan fingerprint density at radius 2 is 1.87 bits per heavy atom. The number of hydrogen-bond donors (Lipinski definition) is 0. The van der Waals surface area contributed by atoms with E-state index in [-0.39, 0.29) is 12.2 Å². The van der Waals surface area contributed by atoms with Crippen LogP contribution in [0.5, 0.6) is 0 Å². The lowest BCUT2D eigenvalue weighted by Crippen LogP contribution is -2.36. The molecule has 0 spiro atoms. The number of carbonyl (C=O) groups is 1. The van der Waals surface area contributed by atoms with E-state index in [1.54, 1.807) is 35.5 Å². The van der Waals surface area contributed by atoms with Gasteiger partial charge in [-0.2, -0.15) is 5.10 Å². The molecule has 4 aromatic heterocycles. The summed E-state index contributed by atoms with van der Waals surface area (Å²) in [4.78, 5) is 28.5. The lowest BCUT2D eigenvalue weighted by Gasteiger charge is -2.27. The molecule has 1 aliphatic rings. The summed E-state index contributed by atoms with van der Waals surface area (Å²) in [6, 6.07) is 7.58. The van der Waals surface area contributed by atoms with E-state index in [9.17, 15) is 4.79 Å². The molecule has 0 radical (unpaired) electrons. The topological polar surface area (TPSA) is 86.0 Å². The molecule has 156 valence electrons. The molecule has 5 rings (SSSR count). The van der Waals surface area contributed by atoms with Crippen LogP contribution < -0.4 is 4.90 Å². The summed E-state index contributed by atoms with van der Waals surface area (Å²) in [5.41, 5.74) is 3.16. The molecule has 4 aromatic rings. The highest BCUT2D eigenvalue weighted by Crippen LogP contribution is 2.22. The highest BCUT2D eigenvalue weighted by Gasteiger charge is 2.15. The van der Waals surface area contributed by atoms with Crippen LogP contribution in [0, 0.1) is 0 Å². The molecule has 1 saturated heterocycles. The Morgan fingerprint density at radius 3 is 2.68 bits per heavy atom. The molecule has 0 amide bonds. The Kier molecular flexibility index (Phi) is 5.13. The van der Waals surface area contributed by atoms with Gasteiger partial charge in [-0.3, -0.25) is 19.4 Å². The highest BCUT2D eigenvalue weighted by atomic mass is 16.5. The van der Waals surface area contributed by atoms with Crippen molar-refractivity contribution in [3.63, 3.8) is 0 Å². The first-order valence-corrected chi connectivity index (χ1v) is 10.2. The van der Waals surface area contributed by atoms with Crippen molar-refractivity contribution in [3.8, 4) is 11.3 Å². The van der Waals surface area contributed by atoms with E-state index in [0.29, 0.717) is 18.8 Å². The third kappa shape index (κ3) is 4.15. The van der Waals surface area contributed by atoms with E-state index in [1.165, 1.54) is 0 Å². The summed E-state index contributed by atoms with van der Waals surface area (Å²) in [7, 11) is 1.88. The molecule has 31 heavy (non-hydrogen) atoms. The first-order valence-electron chi connectivity index (χ1n) is 10.2. The summed E-state index contributed by atoms with van der Waals surface area (Å²) in [6.07, 6.45) is 9.20. The van der Waals surface area contributed by atoms with Gasteiger partial charge < -0.3 is 9.64 Å². The second kappa shape index (κ2) is 8.23. The van der Waals surface area contributed by atoms with Crippen LogP contribution in [0.3, 0.4) is 0 Å². The van der Waals surface area contributed by atoms with E-state index in [4.69, 9.17) is 4.74 Å². The second-order valence-corrected chi connectivity index (χ2v) is 7.60. The number of rotatable bonds is 5. The lowest BCUT2D eigenvalue weighted by atomic mass is 10.1. The number of pyridine rings is 3. The molecule has 8 heteroatoms. The average Bonchev–Trinajstić information content (AvgIpc) is 3.25. The van der Waals surface area contributed by atoms with Gasteiger partial charge in [0, 0.05) is 67.1 Å². The summed E-state index contributed by atoms with van der Waals surface area (Å²) >= 11 is 0. The quantitative estimate of drug-likeness (QED) is 0.464.